The number of nitrogens with one attached hydrogen (secondary N) is 1. The molecule has 0 bridgehead atoms. The number of hydrogen-bond acceptors (Lipinski definition) is 2. The van der Waals surface area contributed by atoms with Crippen LogP contribution in [0.15, 0.2) is 22.7 Å². The van der Waals surface area contributed by atoms with Crippen LogP contribution in [0.25, 0.3) is 0 Å². The standard InChI is InChI=1S/C10H11BrFNO3/c1-6(13-10(14)15)5-16-9-4-7(12)2-3-8(9)11/h2-4,6,13H,5H2,1H3,(H,14,15). The van der Waals surface area contributed by atoms with E-state index in [9.17, 15) is 9.18 Å². The third-order valence-corrected chi connectivity index (χ3v) is 2.41. The number of benzene rings is 1. The summed E-state index contributed by atoms with van der Waals surface area (Å²) in [5.74, 6) is -0.0592. The number of carbonyl (C=O) groups is 1. The number of hydrogen-bond donors (Lipinski definition) is 2. The normalized spacial score (nSPS) is 11.9. The molecule has 0 aliphatic rings. The van der Waals surface area contributed by atoms with Crippen LogP contribution in [0.3, 0.4) is 0 Å². The van der Waals surface area contributed by atoms with Crippen molar-refractivity contribution in [1.29, 1.82) is 0 Å². The summed E-state index contributed by atoms with van der Waals surface area (Å²) in [6, 6.07) is 3.69. The first-order chi connectivity index (χ1) is 7.49. The molecule has 0 heterocycles. The second-order valence-electron chi connectivity index (χ2n) is 3.24. The molecule has 0 saturated carbocycles. The van der Waals surface area contributed by atoms with Gasteiger partial charge in [0, 0.05) is 6.07 Å². The van der Waals surface area contributed by atoms with Crippen LogP contribution in [0.5, 0.6) is 5.75 Å². The Morgan fingerprint density at radius 2 is 2.38 bits per heavy atom. The van der Waals surface area contributed by atoms with E-state index in [1.807, 2.05) is 0 Å². The highest BCUT2D eigenvalue weighted by Gasteiger charge is 2.08. The van der Waals surface area contributed by atoms with Crippen LogP contribution in [-0.2, 0) is 0 Å². The molecule has 0 spiro atoms. The largest absolute Gasteiger partial charge is 0.490 e. The van der Waals surface area contributed by atoms with Gasteiger partial charge in [0.15, 0.2) is 0 Å². The Balaban J connectivity index is 2.54. The summed E-state index contributed by atoms with van der Waals surface area (Å²) >= 11 is 3.20. The molecule has 0 aromatic heterocycles. The first-order valence-electron chi connectivity index (χ1n) is 4.56. The van der Waals surface area contributed by atoms with Crippen LogP contribution in [0.4, 0.5) is 9.18 Å². The van der Waals surface area contributed by atoms with E-state index in [4.69, 9.17) is 9.84 Å². The Bertz CT molecular complexity index is 386. The average Bonchev–Trinajstić information content (AvgIpc) is 2.18. The highest BCUT2D eigenvalue weighted by molar-refractivity contribution is 9.10. The van der Waals surface area contributed by atoms with Crippen molar-refractivity contribution in [1.82, 2.24) is 5.32 Å². The minimum atomic E-state index is -1.12. The second kappa shape index (κ2) is 5.69. The summed E-state index contributed by atoms with van der Waals surface area (Å²) in [4.78, 5) is 10.3. The summed E-state index contributed by atoms with van der Waals surface area (Å²) in [5.41, 5.74) is 0. The van der Waals surface area contributed by atoms with Crippen LogP contribution >= 0.6 is 15.9 Å². The summed E-state index contributed by atoms with van der Waals surface area (Å²) < 4.78 is 18.8. The predicted octanol–water partition coefficient (Wildman–Crippen LogP) is 2.62. The molecule has 0 saturated heterocycles. The lowest BCUT2D eigenvalue weighted by molar-refractivity contribution is 0.183. The quantitative estimate of drug-likeness (QED) is 0.897. The van der Waals surface area contributed by atoms with Crippen LogP contribution in [0, 0.1) is 5.82 Å². The van der Waals surface area contributed by atoms with Gasteiger partial charge in [0.2, 0.25) is 0 Å². The van der Waals surface area contributed by atoms with Gasteiger partial charge in [-0.25, -0.2) is 9.18 Å². The van der Waals surface area contributed by atoms with Gasteiger partial charge in [-0.1, -0.05) is 0 Å². The monoisotopic (exact) mass is 291 g/mol. The summed E-state index contributed by atoms with van der Waals surface area (Å²) in [6.07, 6.45) is -1.12. The lowest BCUT2D eigenvalue weighted by Gasteiger charge is -2.13. The van der Waals surface area contributed by atoms with Crippen molar-refractivity contribution < 1.29 is 19.0 Å². The minimum absolute atomic E-state index is 0.133. The molecular formula is C10H11BrFNO3. The van der Waals surface area contributed by atoms with E-state index >= 15 is 0 Å². The minimum Gasteiger partial charge on any atom is -0.490 e. The highest BCUT2D eigenvalue weighted by Crippen LogP contribution is 2.25. The molecule has 6 heteroatoms. The van der Waals surface area contributed by atoms with E-state index in [2.05, 4.69) is 21.2 Å². The molecule has 1 aromatic carbocycles. The molecule has 0 aliphatic carbocycles. The van der Waals surface area contributed by atoms with Gasteiger partial charge in [0.25, 0.3) is 0 Å². The molecule has 88 valence electrons. The van der Waals surface area contributed by atoms with E-state index < -0.39 is 11.9 Å². The van der Waals surface area contributed by atoms with Gasteiger partial charge in [0.05, 0.1) is 10.5 Å². The Morgan fingerprint density at radius 1 is 1.69 bits per heavy atom. The molecule has 16 heavy (non-hydrogen) atoms. The molecule has 0 fully saturated rings. The van der Waals surface area contributed by atoms with Crippen molar-refractivity contribution in [3.05, 3.63) is 28.5 Å². The van der Waals surface area contributed by atoms with Gasteiger partial charge in [-0.15, -0.1) is 0 Å². The van der Waals surface area contributed by atoms with Gasteiger partial charge in [-0.2, -0.15) is 0 Å². The lowest BCUT2D eigenvalue weighted by atomic mass is 10.3. The number of rotatable bonds is 4. The Morgan fingerprint density at radius 3 is 3.00 bits per heavy atom. The van der Waals surface area contributed by atoms with E-state index in [0.717, 1.165) is 0 Å². The second-order valence-corrected chi connectivity index (χ2v) is 4.09. The Hall–Kier alpha value is -1.30. The number of carboxylic acid groups (broad SMARTS) is 1. The lowest BCUT2D eigenvalue weighted by Crippen LogP contribution is -2.35. The number of ether oxygens (including phenoxy) is 1. The van der Waals surface area contributed by atoms with E-state index in [1.54, 1.807) is 6.92 Å². The zero-order valence-corrected chi connectivity index (χ0v) is 10.1. The summed E-state index contributed by atoms with van der Waals surface area (Å²) in [5, 5.41) is 10.7. The SMILES string of the molecule is CC(COc1cc(F)ccc1Br)NC(=O)O. The van der Waals surface area contributed by atoms with E-state index in [1.165, 1.54) is 18.2 Å². The fourth-order valence-corrected chi connectivity index (χ4v) is 1.42. The average molecular weight is 292 g/mol. The van der Waals surface area contributed by atoms with Crippen molar-refractivity contribution in [3.8, 4) is 5.75 Å². The molecular weight excluding hydrogens is 281 g/mol. The molecule has 1 rings (SSSR count). The molecule has 2 N–H and O–H groups in total. The fourth-order valence-electron chi connectivity index (χ4n) is 1.06. The predicted molar refractivity (Wildman–Crippen MR) is 60.2 cm³/mol. The van der Waals surface area contributed by atoms with Gasteiger partial charge < -0.3 is 15.2 Å². The fraction of sp³-hybridized carbons (Fsp3) is 0.300. The molecule has 1 aromatic rings. The third kappa shape index (κ3) is 4.06. The molecule has 0 aliphatic heterocycles. The van der Waals surface area contributed by atoms with Crippen LogP contribution in [0.1, 0.15) is 6.92 Å². The van der Waals surface area contributed by atoms with Gasteiger partial charge >= 0.3 is 6.09 Å². The van der Waals surface area contributed by atoms with Crippen LogP contribution in [-0.4, -0.2) is 23.8 Å². The number of amides is 1. The van der Waals surface area contributed by atoms with Crippen molar-refractivity contribution in [2.24, 2.45) is 0 Å². The molecule has 1 unspecified atom stereocenters. The highest BCUT2D eigenvalue weighted by atomic mass is 79.9. The van der Waals surface area contributed by atoms with Crippen LogP contribution < -0.4 is 10.1 Å². The van der Waals surface area contributed by atoms with Crippen molar-refractivity contribution in [2.45, 2.75) is 13.0 Å². The molecule has 1 amide bonds. The first kappa shape index (κ1) is 12.8. The summed E-state index contributed by atoms with van der Waals surface area (Å²) in [6.45, 7) is 1.79. The van der Waals surface area contributed by atoms with Crippen molar-refractivity contribution >= 4 is 22.0 Å². The van der Waals surface area contributed by atoms with Crippen molar-refractivity contribution in [3.63, 3.8) is 0 Å². The van der Waals surface area contributed by atoms with Gasteiger partial charge in [-0.3, -0.25) is 0 Å². The zero-order valence-electron chi connectivity index (χ0n) is 8.54. The van der Waals surface area contributed by atoms with Gasteiger partial charge in [-0.05, 0) is 35.0 Å². The Kier molecular flexibility index (Phi) is 4.54. The molecule has 1 atom stereocenters. The molecule has 0 radical (unpaired) electrons. The maximum Gasteiger partial charge on any atom is 0.404 e. The maximum atomic E-state index is 12.9. The maximum absolute atomic E-state index is 12.9. The zero-order chi connectivity index (χ0) is 12.1. The summed E-state index contributed by atoms with van der Waals surface area (Å²) in [7, 11) is 0. The topological polar surface area (TPSA) is 58.6 Å². The molecule has 4 nitrogen and oxygen atoms in total. The third-order valence-electron chi connectivity index (χ3n) is 1.75. The smallest absolute Gasteiger partial charge is 0.404 e. The first-order valence-corrected chi connectivity index (χ1v) is 5.35. The Labute approximate surface area is 101 Å². The van der Waals surface area contributed by atoms with E-state index in [-0.39, 0.29) is 12.6 Å². The van der Waals surface area contributed by atoms with Crippen LogP contribution in [0.2, 0.25) is 0 Å². The number of halogens is 2. The van der Waals surface area contributed by atoms with Gasteiger partial charge in [0.1, 0.15) is 18.2 Å². The van der Waals surface area contributed by atoms with Crippen molar-refractivity contribution in [2.75, 3.05) is 6.61 Å². The van der Waals surface area contributed by atoms with E-state index in [0.29, 0.717) is 10.2 Å².